The molecule has 148 valence electrons. The monoisotopic (exact) mass is 393 g/mol. The Hall–Kier alpha value is -3.83. The lowest BCUT2D eigenvalue weighted by atomic mass is 9.95. The molecule has 0 bridgehead atoms. The normalized spacial score (nSPS) is 15.3. The predicted molar refractivity (Wildman–Crippen MR) is 121 cm³/mol. The number of nitriles is 2. The van der Waals surface area contributed by atoms with E-state index in [1.165, 1.54) is 5.52 Å². The zero-order valence-corrected chi connectivity index (χ0v) is 17.6. The van der Waals surface area contributed by atoms with E-state index < -0.39 is 0 Å². The fourth-order valence-corrected chi connectivity index (χ4v) is 4.26. The molecule has 0 saturated heterocycles. The van der Waals surface area contributed by atoms with Crippen LogP contribution in [0, 0.1) is 29.6 Å². The molecule has 5 nitrogen and oxygen atoms in total. The molecule has 0 saturated carbocycles. The van der Waals surface area contributed by atoms with Gasteiger partial charge in [0.2, 0.25) is 0 Å². The molecule has 0 spiro atoms. The maximum absolute atomic E-state index is 9.77. The van der Waals surface area contributed by atoms with Crippen LogP contribution >= 0.6 is 0 Å². The summed E-state index contributed by atoms with van der Waals surface area (Å²) in [6.07, 6.45) is 5.32. The second-order valence-corrected chi connectivity index (χ2v) is 7.77. The molecule has 4 rings (SSSR count). The van der Waals surface area contributed by atoms with Crippen molar-refractivity contribution in [2.45, 2.75) is 40.2 Å². The minimum atomic E-state index is 0.170. The minimum Gasteiger partial charge on any atom is -0.383 e. The van der Waals surface area contributed by atoms with E-state index in [-0.39, 0.29) is 5.82 Å². The van der Waals surface area contributed by atoms with Crippen molar-refractivity contribution in [2.24, 2.45) is 0 Å². The summed E-state index contributed by atoms with van der Waals surface area (Å²) in [5.74, 6) is 0.170. The molecule has 3 aromatic rings. The quantitative estimate of drug-likeness (QED) is 0.625. The Balaban J connectivity index is 2.03. The number of nitrogens with zero attached hydrogens (tertiary/aromatic N) is 4. The van der Waals surface area contributed by atoms with E-state index in [1.807, 2.05) is 19.9 Å². The van der Waals surface area contributed by atoms with Gasteiger partial charge in [0.05, 0.1) is 16.8 Å². The highest BCUT2D eigenvalue weighted by Crippen LogP contribution is 2.44. The highest BCUT2D eigenvalue weighted by atomic mass is 15.0. The fraction of sp³-hybridized carbons (Fsp3) is 0.240. The van der Waals surface area contributed by atoms with Crippen LogP contribution in [0.25, 0.3) is 28.1 Å². The van der Waals surface area contributed by atoms with Gasteiger partial charge in [0.1, 0.15) is 18.0 Å². The van der Waals surface area contributed by atoms with Crippen LogP contribution in [0.1, 0.15) is 61.2 Å². The highest BCUT2D eigenvalue weighted by molar-refractivity contribution is 6.10. The van der Waals surface area contributed by atoms with Gasteiger partial charge in [0.25, 0.3) is 0 Å². The van der Waals surface area contributed by atoms with Crippen LogP contribution in [0.5, 0.6) is 0 Å². The summed E-state index contributed by atoms with van der Waals surface area (Å²) in [6, 6.07) is 13.2. The van der Waals surface area contributed by atoms with Crippen molar-refractivity contribution in [3.8, 4) is 12.1 Å². The number of fused-ring (bicyclic) bond motifs is 2. The molecule has 2 heterocycles. The van der Waals surface area contributed by atoms with E-state index in [9.17, 15) is 10.5 Å². The Morgan fingerprint density at radius 1 is 1.20 bits per heavy atom. The minimum absolute atomic E-state index is 0.170. The summed E-state index contributed by atoms with van der Waals surface area (Å²) in [5, 5.41) is 20.5. The van der Waals surface area contributed by atoms with Crippen LogP contribution < -0.4 is 5.73 Å². The van der Waals surface area contributed by atoms with E-state index in [4.69, 9.17) is 5.73 Å². The smallest absolute Gasteiger partial charge is 0.142 e. The molecule has 0 aliphatic heterocycles. The molecule has 0 fully saturated rings. The van der Waals surface area contributed by atoms with Crippen molar-refractivity contribution in [1.82, 2.24) is 9.55 Å². The number of hydrogen-bond acceptors (Lipinski definition) is 4. The van der Waals surface area contributed by atoms with Gasteiger partial charge in [-0.15, -0.1) is 0 Å². The fourth-order valence-electron chi connectivity index (χ4n) is 4.26. The van der Waals surface area contributed by atoms with Crippen LogP contribution in [0.2, 0.25) is 0 Å². The van der Waals surface area contributed by atoms with Gasteiger partial charge in [-0.2, -0.15) is 10.5 Å². The van der Waals surface area contributed by atoms with Gasteiger partial charge < -0.3 is 10.3 Å². The second-order valence-electron chi connectivity index (χ2n) is 7.77. The van der Waals surface area contributed by atoms with E-state index in [0.717, 1.165) is 39.6 Å². The summed E-state index contributed by atoms with van der Waals surface area (Å²) in [6.45, 7) is 8.20. The topological polar surface area (TPSA) is 91.4 Å². The number of nitrogens with two attached hydrogens (primary N) is 1. The number of benzene rings is 1. The molecule has 1 aliphatic rings. The Morgan fingerprint density at radius 3 is 2.60 bits per heavy atom. The average Bonchev–Trinajstić information content (AvgIpc) is 3.23. The zero-order valence-electron chi connectivity index (χ0n) is 17.6. The van der Waals surface area contributed by atoms with Gasteiger partial charge in [0, 0.05) is 34.3 Å². The first-order chi connectivity index (χ1) is 14.4. The lowest BCUT2D eigenvalue weighted by Crippen LogP contribution is -2.03. The molecule has 1 aromatic carbocycles. The van der Waals surface area contributed by atoms with Gasteiger partial charge in [-0.05, 0) is 56.0 Å². The number of rotatable bonds is 3. The van der Waals surface area contributed by atoms with Crippen molar-refractivity contribution >= 4 is 33.9 Å². The van der Waals surface area contributed by atoms with E-state index in [0.29, 0.717) is 22.9 Å². The highest BCUT2D eigenvalue weighted by Gasteiger charge is 2.30. The van der Waals surface area contributed by atoms with Gasteiger partial charge in [-0.3, -0.25) is 0 Å². The number of aromatic nitrogens is 2. The average molecular weight is 393 g/mol. The lowest BCUT2D eigenvalue weighted by molar-refractivity contribution is 0.548. The number of nitrogen functional groups attached to an aromatic ring is 1. The molecule has 2 N–H and O–H groups in total. The number of para-hydroxylation sites is 1. The molecule has 2 aromatic heterocycles. The van der Waals surface area contributed by atoms with Gasteiger partial charge in [-0.1, -0.05) is 25.1 Å². The molecule has 0 unspecified atom stereocenters. The number of anilines is 1. The van der Waals surface area contributed by atoms with Gasteiger partial charge >= 0.3 is 0 Å². The van der Waals surface area contributed by atoms with Crippen molar-refractivity contribution in [3.63, 3.8) is 0 Å². The molecule has 1 atom stereocenters. The van der Waals surface area contributed by atoms with Crippen LogP contribution in [-0.2, 0) is 0 Å². The Labute approximate surface area is 176 Å². The standard InChI is InChI=1S/C25H23N5/c1-5-14(2)30-13-17(18-8-6-7-9-22(18)30)10-19-15(3)20(11-26)24-23(19)16(4)21(12-27)25(28)29-24/h6-10,13-14H,5H2,1-4H3,(H2,28,29)/b19-10+/t14-/m1/s1. The molecule has 0 radical (unpaired) electrons. The van der Waals surface area contributed by atoms with Crippen molar-refractivity contribution in [2.75, 3.05) is 5.73 Å². The zero-order chi connectivity index (χ0) is 21.6. The van der Waals surface area contributed by atoms with Crippen molar-refractivity contribution in [3.05, 3.63) is 64.0 Å². The lowest BCUT2D eigenvalue weighted by Gasteiger charge is -2.12. The van der Waals surface area contributed by atoms with Crippen LogP contribution in [0.15, 0.2) is 36.0 Å². The maximum atomic E-state index is 9.77. The maximum Gasteiger partial charge on any atom is 0.142 e. The summed E-state index contributed by atoms with van der Waals surface area (Å²) >= 11 is 0. The third kappa shape index (κ3) is 2.71. The van der Waals surface area contributed by atoms with Crippen LogP contribution in [0.4, 0.5) is 5.82 Å². The first kappa shape index (κ1) is 19.5. The van der Waals surface area contributed by atoms with Crippen LogP contribution in [-0.4, -0.2) is 9.55 Å². The first-order valence-corrected chi connectivity index (χ1v) is 10.1. The van der Waals surface area contributed by atoms with Gasteiger partial charge in [0.15, 0.2) is 0 Å². The number of pyridine rings is 1. The second kappa shape index (κ2) is 7.21. The van der Waals surface area contributed by atoms with Gasteiger partial charge in [-0.25, -0.2) is 4.98 Å². The molecular weight excluding hydrogens is 370 g/mol. The van der Waals surface area contributed by atoms with E-state index in [1.54, 1.807) is 0 Å². The summed E-state index contributed by atoms with van der Waals surface area (Å²) < 4.78 is 2.30. The Bertz CT molecular complexity index is 1340. The SMILES string of the molecule is CC[C@@H](C)n1cc(/C=C2\C(C)=C(C#N)c3nc(N)c(C#N)c(C)c32)c2ccccc21. The van der Waals surface area contributed by atoms with Crippen molar-refractivity contribution in [1.29, 1.82) is 10.5 Å². The Morgan fingerprint density at radius 2 is 1.93 bits per heavy atom. The van der Waals surface area contributed by atoms with E-state index >= 15 is 0 Å². The first-order valence-electron chi connectivity index (χ1n) is 10.1. The summed E-state index contributed by atoms with van der Waals surface area (Å²) in [4.78, 5) is 4.42. The molecule has 1 aliphatic carbocycles. The number of hydrogen-bond donors (Lipinski definition) is 1. The third-order valence-electron chi connectivity index (χ3n) is 6.12. The van der Waals surface area contributed by atoms with E-state index in [2.05, 4.69) is 66.0 Å². The van der Waals surface area contributed by atoms with Crippen molar-refractivity contribution < 1.29 is 0 Å². The molecule has 0 amide bonds. The summed E-state index contributed by atoms with van der Waals surface area (Å²) in [7, 11) is 0. The molecule has 5 heteroatoms. The molecular formula is C25H23N5. The van der Waals surface area contributed by atoms with Crippen LogP contribution in [0.3, 0.4) is 0 Å². The predicted octanol–water partition coefficient (Wildman–Crippen LogP) is 5.62. The third-order valence-corrected chi connectivity index (χ3v) is 6.12. The Kier molecular flexibility index (Phi) is 4.68. The number of allylic oxidation sites excluding steroid dienone is 3. The molecule has 30 heavy (non-hydrogen) atoms. The summed E-state index contributed by atoms with van der Waals surface area (Å²) in [5.41, 5.74) is 13.1. The largest absolute Gasteiger partial charge is 0.383 e.